The van der Waals surface area contributed by atoms with Gasteiger partial charge >= 0.3 is 0 Å². The molecule has 0 bridgehead atoms. The molecular formula is C10H10N2O2. The van der Waals surface area contributed by atoms with Crippen LogP contribution in [-0.2, 0) is 9.53 Å². The van der Waals surface area contributed by atoms with Gasteiger partial charge in [0.25, 0.3) is 0 Å². The van der Waals surface area contributed by atoms with Crippen molar-refractivity contribution >= 4 is 5.78 Å². The first-order valence-corrected chi connectivity index (χ1v) is 4.39. The molecule has 0 amide bonds. The van der Waals surface area contributed by atoms with Crippen LogP contribution in [0.5, 0.6) is 0 Å². The van der Waals surface area contributed by atoms with E-state index >= 15 is 0 Å². The number of nitrogens with zero attached hydrogens (tertiary/aromatic N) is 2. The molecule has 0 fully saturated rings. The van der Waals surface area contributed by atoms with Crippen molar-refractivity contribution in [3.8, 4) is 0 Å². The summed E-state index contributed by atoms with van der Waals surface area (Å²) in [5, 5.41) is 0. The lowest BCUT2D eigenvalue weighted by Crippen LogP contribution is -2.12. The van der Waals surface area contributed by atoms with Crippen molar-refractivity contribution in [2.75, 3.05) is 0 Å². The van der Waals surface area contributed by atoms with Crippen molar-refractivity contribution in [3.05, 3.63) is 36.1 Å². The molecule has 14 heavy (non-hydrogen) atoms. The van der Waals surface area contributed by atoms with Gasteiger partial charge in [0.15, 0.2) is 5.78 Å². The highest BCUT2D eigenvalue weighted by atomic mass is 16.5. The molecule has 4 nitrogen and oxygen atoms in total. The zero-order chi connectivity index (χ0) is 9.97. The molecule has 1 aliphatic rings. The maximum atomic E-state index is 11.1. The topological polar surface area (TPSA) is 52.1 Å². The first-order chi connectivity index (χ1) is 6.75. The van der Waals surface area contributed by atoms with Gasteiger partial charge in [0.05, 0.1) is 18.4 Å². The van der Waals surface area contributed by atoms with Crippen LogP contribution in [0.25, 0.3) is 0 Å². The van der Waals surface area contributed by atoms with E-state index in [1.807, 2.05) is 13.0 Å². The second kappa shape index (κ2) is 3.57. The minimum absolute atomic E-state index is 0.0671. The average molecular weight is 190 g/mol. The van der Waals surface area contributed by atoms with Gasteiger partial charge in [-0.05, 0) is 13.0 Å². The minimum Gasteiger partial charge on any atom is -0.491 e. The molecular weight excluding hydrogens is 180 g/mol. The lowest BCUT2D eigenvalue weighted by Gasteiger charge is -2.17. The number of rotatable bonds is 1. The smallest absolute Gasteiger partial charge is 0.162 e. The lowest BCUT2D eigenvalue weighted by molar-refractivity contribution is -0.118. The van der Waals surface area contributed by atoms with Gasteiger partial charge in [-0.1, -0.05) is 0 Å². The number of carbonyl (C=O) groups is 1. The fraction of sp³-hybridized carbons (Fsp3) is 0.300. The lowest BCUT2D eigenvalue weighted by atomic mass is 10.1. The van der Waals surface area contributed by atoms with E-state index in [1.165, 1.54) is 18.7 Å². The number of ketones is 1. The van der Waals surface area contributed by atoms with Crippen molar-refractivity contribution in [1.29, 1.82) is 0 Å². The summed E-state index contributed by atoms with van der Waals surface area (Å²) in [4.78, 5) is 19.2. The second-order valence-corrected chi connectivity index (χ2v) is 3.18. The molecule has 0 radical (unpaired) electrons. The molecule has 0 aromatic carbocycles. The third kappa shape index (κ3) is 1.79. The van der Waals surface area contributed by atoms with E-state index in [0.29, 0.717) is 6.42 Å². The van der Waals surface area contributed by atoms with Gasteiger partial charge in [-0.2, -0.15) is 0 Å². The van der Waals surface area contributed by atoms with Crippen LogP contribution in [0.2, 0.25) is 0 Å². The van der Waals surface area contributed by atoms with Crippen LogP contribution in [-0.4, -0.2) is 15.8 Å². The monoisotopic (exact) mass is 190 g/mol. The Labute approximate surface area is 81.6 Å². The highest BCUT2D eigenvalue weighted by Crippen LogP contribution is 2.23. The molecule has 72 valence electrons. The molecule has 2 heterocycles. The van der Waals surface area contributed by atoms with E-state index in [-0.39, 0.29) is 11.9 Å². The quantitative estimate of drug-likeness (QED) is 0.670. The van der Waals surface area contributed by atoms with Crippen LogP contribution in [0.1, 0.15) is 23.9 Å². The van der Waals surface area contributed by atoms with E-state index in [2.05, 4.69) is 9.97 Å². The van der Waals surface area contributed by atoms with Gasteiger partial charge in [0, 0.05) is 11.8 Å². The van der Waals surface area contributed by atoms with Gasteiger partial charge in [-0.15, -0.1) is 0 Å². The third-order valence-corrected chi connectivity index (χ3v) is 2.04. The fourth-order valence-corrected chi connectivity index (χ4v) is 1.33. The van der Waals surface area contributed by atoms with Crippen molar-refractivity contribution in [3.63, 3.8) is 0 Å². The molecule has 1 aromatic rings. The SMILES string of the molecule is Cc1cc(C2CC(=O)C=CO2)ncn1. The molecule has 0 spiro atoms. The predicted octanol–water partition coefficient (Wildman–Crippen LogP) is 1.33. The van der Waals surface area contributed by atoms with Gasteiger partial charge in [0.1, 0.15) is 12.4 Å². The summed E-state index contributed by atoms with van der Waals surface area (Å²) >= 11 is 0. The van der Waals surface area contributed by atoms with E-state index in [1.54, 1.807) is 0 Å². The number of ether oxygens (including phenoxy) is 1. The maximum Gasteiger partial charge on any atom is 0.162 e. The average Bonchev–Trinajstić information content (AvgIpc) is 2.18. The summed E-state index contributed by atoms with van der Waals surface area (Å²) in [5.74, 6) is 0.0671. The molecule has 4 heteroatoms. The van der Waals surface area contributed by atoms with Crippen LogP contribution >= 0.6 is 0 Å². The van der Waals surface area contributed by atoms with E-state index in [9.17, 15) is 4.79 Å². The van der Waals surface area contributed by atoms with Gasteiger partial charge in [-0.3, -0.25) is 4.79 Å². The molecule has 1 aromatic heterocycles. The van der Waals surface area contributed by atoms with E-state index < -0.39 is 0 Å². The molecule has 0 saturated carbocycles. The number of carbonyl (C=O) groups excluding carboxylic acids is 1. The van der Waals surface area contributed by atoms with Crippen LogP contribution in [0.15, 0.2) is 24.7 Å². The number of hydrogen-bond acceptors (Lipinski definition) is 4. The van der Waals surface area contributed by atoms with Gasteiger partial charge < -0.3 is 4.74 Å². The summed E-state index contributed by atoms with van der Waals surface area (Å²) in [6.45, 7) is 1.88. The Morgan fingerprint density at radius 1 is 1.50 bits per heavy atom. The Hall–Kier alpha value is -1.71. The van der Waals surface area contributed by atoms with Crippen LogP contribution in [0, 0.1) is 6.92 Å². The summed E-state index contributed by atoms with van der Waals surface area (Å²) in [5.41, 5.74) is 1.64. The van der Waals surface area contributed by atoms with Crippen LogP contribution < -0.4 is 0 Å². The zero-order valence-corrected chi connectivity index (χ0v) is 7.80. The summed E-state index contributed by atoms with van der Waals surface area (Å²) in [7, 11) is 0. The maximum absolute atomic E-state index is 11.1. The highest BCUT2D eigenvalue weighted by Gasteiger charge is 2.19. The Morgan fingerprint density at radius 3 is 3.07 bits per heavy atom. The van der Waals surface area contributed by atoms with Crippen molar-refractivity contribution in [2.24, 2.45) is 0 Å². The molecule has 1 atom stereocenters. The summed E-state index contributed by atoms with van der Waals surface area (Å²) in [6, 6.07) is 1.83. The van der Waals surface area contributed by atoms with Crippen LogP contribution in [0.3, 0.4) is 0 Å². The fourth-order valence-electron chi connectivity index (χ4n) is 1.33. The molecule has 1 aliphatic heterocycles. The Balaban J connectivity index is 2.23. The van der Waals surface area contributed by atoms with Crippen LogP contribution in [0.4, 0.5) is 0 Å². The number of aromatic nitrogens is 2. The molecule has 0 aliphatic carbocycles. The highest BCUT2D eigenvalue weighted by molar-refractivity contribution is 5.90. The van der Waals surface area contributed by atoms with E-state index in [4.69, 9.17) is 4.74 Å². The minimum atomic E-state index is -0.255. The zero-order valence-electron chi connectivity index (χ0n) is 7.80. The molecule has 1 unspecified atom stereocenters. The number of aryl methyl sites for hydroxylation is 1. The first kappa shape index (κ1) is 8.87. The molecule has 0 saturated heterocycles. The van der Waals surface area contributed by atoms with E-state index in [0.717, 1.165) is 11.4 Å². The largest absolute Gasteiger partial charge is 0.491 e. The van der Waals surface area contributed by atoms with Crippen molar-refractivity contribution in [1.82, 2.24) is 9.97 Å². The third-order valence-electron chi connectivity index (χ3n) is 2.04. The first-order valence-electron chi connectivity index (χ1n) is 4.39. The Morgan fingerprint density at radius 2 is 2.36 bits per heavy atom. The normalized spacial score (nSPS) is 20.6. The predicted molar refractivity (Wildman–Crippen MR) is 49.4 cm³/mol. The van der Waals surface area contributed by atoms with Crippen molar-refractivity contribution < 1.29 is 9.53 Å². The summed E-state index contributed by atoms with van der Waals surface area (Å²) < 4.78 is 5.30. The molecule has 0 N–H and O–H groups in total. The second-order valence-electron chi connectivity index (χ2n) is 3.18. The Kier molecular flexibility index (Phi) is 2.26. The van der Waals surface area contributed by atoms with Gasteiger partial charge in [-0.25, -0.2) is 9.97 Å². The van der Waals surface area contributed by atoms with Gasteiger partial charge in [0.2, 0.25) is 0 Å². The number of hydrogen-bond donors (Lipinski definition) is 0. The standard InChI is InChI=1S/C10H10N2O2/c1-7-4-9(12-6-11-7)10-5-8(13)2-3-14-10/h2-4,6,10H,5H2,1H3. The Bertz CT molecular complexity index is 387. The van der Waals surface area contributed by atoms with Crippen molar-refractivity contribution in [2.45, 2.75) is 19.4 Å². The number of allylic oxidation sites excluding steroid dienone is 1. The summed E-state index contributed by atoms with van der Waals surface area (Å²) in [6.07, 6.45) is 4.44. The molecule has 2 rings (SSSR count).